The molecule has 0 saturated carbocycles. The third-order valence-electron chi connectivity index (χ3n) is 3.91. The van der Waals surface area contributed by atoms with Crippen molar-refractivity contribution in [3.8, 4) is 5.75 Å². The summed E-state index contributed by atoms with van der Waals surface area (Å²) in [6.45, 7) is 17.8. The first-order valence-corrected chi connectivity index (χ1v) is 6.63. The van der Waals surface area contributed by atoms with E-state index in [2.05, 4.69) is 69.5 Å². The van der Waals surface area contributed by atoms with Crippen LogP contribution in [0.1, 0.15) is 22.6 Å². The number of methoxy groups -OCH3 is 1. The molecule has 6 heteroatoms. The van der Waals surface area contributed by atoms with Crippen LogP contribution < -0.4 is 10.1 Å². The monoisotopic (exact) mass is 367 g/mol. The van der Waals surface area contributed by atoms with Gasteiger partial charge in [0.2, 0.25) is 0 Å². The predicted molar refractivity (Wildman–Crippen MR) is 82.7 cm³/mol. The summed E-state index contributed by atoms with van der Waals surface area (Å²) in [6.07, 6.45) is 8.72. The number of rotatable bonds is 1. The molecule has 0 bridgehead atoms. The summed E-state index contributed by atoms with van der Waals surface area (Å²) in [5.41, 5.74) is 5.17. The van der Waals surface area contributed by atoms with Gasteiger partial charge in [-0.3, -0.25) is 0 Å². The van der Waals surface area contributed by atoms with Gasteiger partial charge in [-0.1, -0.05) is 24.3 Å². The van der Waals surface area contributed by atoms with Gasteiger partial charge in [0.05, 0.1) is 13.2 Å². The number of hydrogen-bond donors (Lipinski definition) is 1. The Hall–Kier alpha value is -1.96. The SMILES string of the molecule is COc1cc2c(c(C)c1C)N[C@@H]1C=CC=C[C@H]21.[C-]#[O+].[C-]#[O+].[C-]#[O+].[Fe]. The van der Waals surface area contributed by atoms with E-state index in [1.54, 1.807) is 7.11 Å². The zero-order chi connectivity index (χ0) is 18.0. The van der Waals surface area contributed by atoms with Gasteiger partial charge in [-0.2, -0.15) is 0 Å². The first kappa shape index (κ1) is 24.3. The van der Waals surface area contributed by atoms with Gasteiger partial charge in [-0.05, 0) is 36.6 Å². The topological polar surface area (TPSA) is 81.0 Å². The fourth-order valence-corrected chi connectivity index (χ4v) is 2.79. The molecule has 0 saturated heterocycles. The number of ether oxygens (including phenoxy) is 1. The predicted octanol–water partition coefficient (Wildman–Crippen LogP) is 3.20. The largest absolute Gasteiger partial charge is 0 e. The van der Waals surface area contributed by atoms with Crippen LogP contribution in [0.2, 0.25) is 0 Å². The van der Waals surface area contributed by atoms with Crippen LogP contribution in [0, 0.1) is 33.8 Å². The first-order chi connectivity index (χ1) is 11.2. The van der Waals surface area contributed by atoms with Gasteiger partial charge in [0.1, 0.15) is 5.75 Å². The molecule has 2 aliphatic rings. The molecule has 0 unspecified atom stereocenters. The minimum absolute atomic E-state index is 0. The number of hydrogen-bond acceptors (Lipinski definition) is 2. The van der Waals surface area contributed by atoms with E-state index in [1.165, 1.54) is 22.4 Å². The van der Waals surface area contributed by atoms with Crippen molar-refractivity contribution in [1.82, 2.24) is 0 Å². The molecule has 0 amide bonds. The van der Waals surface area contributed by atoms with E-state index in [4.69, 9.17) is 18.7 Å². The van der Waals surface area contributed by atoms with Crippen molar-refractivity contribution in [2.24, 2.45) is 0 Å². The molecule has 2 atom stereocenters. The summed E-state index contributed by atoms with van der Waals surface area (Å²) in [7, 11) is 1.74. The van der Waals surface area contributed by atoms with E-state index in [0.29, 0.717) is 12.0 Å². The van der Waals surface area contributed by atoms with E-state index in [9.17, 15) is 0 Å². The van der Waals surface area contributed by atoms with Gasteiger partial charge >= 0.3 is 33.9 Å². The standard InChI is InChI=1S/C15H17NO.3CO.Fe/c1-9-10(2)15-12(8-14(9)17-3)11-6-4-5-7-13(11)16-15;3*1-2;/h4-8,11,13,16H,1-3H3;;;;/t11-,13-;;;;/m1..../s1. The molecule has 5 nitrogen and oxygen atoms in total. The maximum Gasteiger partial charge on any atom is 0 e. The fraction of sp³-hybridized carbons (Fsp3) is 0.278. The summed E-state index contributed by atoms with van der Waals surface area (Å²) >= 11 is 0. The van der Waals surface area contributed by atoms with E-state index in [0.717, 1.165) is 5.75 Å². The second-order valence-electron chi connectivity index (χ2n) is 4.76. The molecule has 3 rings (SSSR count). The van der Waals surface area contributed by atoms with Crippen molar-refractivity contribution < 1.29 is 35.8 Å². The van der Waals surface area contributed by atoms with Crippen molar-refractivity contribution in [2.45, 2.75) is 25.8 Å². The second kappa shape index (κ2) is 12.5. The number of fused-ring (bicyclic) bond motifs is 3. The zero-order valence-corrected chi connectivity index (χ0v) is 14.6. The third-order valence-corrected chi connectivity index (χ3v) is 3.91. The van der Waals surface area contributed by atoms with E-state index >= 15 is 0 Å². The molecular formula is C18H17FeNO4. The second-order valence-corrected chi connectivity index (χ2v) is 4.76. The Kier molecular flexibility index (Phi) is 12.6. The van der Waals surface area contributed by atoms with Crippen LogP contribution >= 0.6 is 0 Å². The van der Waals surface area contributed by atoms with Crippen LogP contribution in [-0.4, -0.2) is 13.2 Å². The van der Waals surface area contributed by atoms with Crippen molar-refractivity contribution in [2.75, 3.05) is 12.4 Å². The molecule has 0 fully saturated rings. The van der Waals surface area contributed by atoms with Crippen LogP contribution in [0.4, 0.5) is 5.69 Å². The van der Waals surface area contributed by atoms with Crippen LogP contribution in [0.5, 0.6) is 5.75 Å². The Morgan fingerprint density at radius 3 is 2.04 bits per heavy atom. The maximum atomic E-state index is 7.50. The van der Waals surface area contributed by atoms with Gasteiger partial charge in [-0.15, -0.1) is 0 Å². The van der Waals surface area contributed by atoms with Crippen LogP contribution in [-0.2, 0) is 31.0 Å². The first-order valence-electron chi connectivity index (χ1n) is 6.63. The Morgan fingerprint density at radius 2 is 1.50 bits per heavy atom. The van der Waals surface area contributed by atoms with Crippen molar-refractivity contribution in [1.29, 1.82) is 0 Å². The maximum absolute atomic E-state index is 7.50. The summed E-state index contributed by atoms with van der Waals surface area (Å²) in [4.78, 5) is 0. The average Bonchev–Trinajstić information content (AvgIpc) is 3.02. The van der Waals surface area contributed by atoms with Gasteiger partial charge in [0, 0.05) is 28.7 Å². The van der Waals surface area contributed by atoms with Crippen molar-refractivity contribution >= 4 is 5.69 Å². The summed E-state index contributed by atoms with van der Waals surface area (Å²) in [6, 6.07) is 2.58. The minimum atomic E-state index is 0. The smallest absolute Gasteiger partial charge is 0 e. The molecule has 0 aromatic heterocycles. The van der Waals surface area contributed by atoms with Gasteiger partial charge < -0.3 is 10.1 Å². The number of anilines is 1. The third kappa shape index (κ3) is 4.77. The van der Waals surface area contributed by atoms with Crippen LogP contribution in [0.15, 0.2) is 30.4 Å². The van der Waals surface area contributed by atoms with Gasteiger partial charge in [-0.25, -0.2) is 0 Å². The van der Waals surface area contributed by atoms with Gasteiger partial charge in [0.15, 0.2) is 0 Å². The Labute approximate surface area is 152 Å². The number of allylic oxidation sites excluding steroid dienone is 2. The fourth-order valence-electron chi connectivity index (χ4n) is 2.79. The molecule has 1 N–H and O–H groups in total. The normalized spacial score (nSPS) is 17.4. The molecule has 1 aliphatic carbocycles. The summed E-state index contributed by atoms with van der Waals surface area (Å²) in [5.74, 6) is 1.44. The molecule has 1 aliphatic heterocycles. The Bertz CT molecular complexity index is 645. The molecule has 24 heavy (non-hydrogen) atoms. The Morgan fingerprint density at radius 1 is 0.958 bits per heavy atom. The van der Waals surface area contributed by atoms with Crippen molar-refractivity contribution in [3.63, 3.8) is 0 Å². The average molecular weight is 367 g/mol. The van der Waals surface area contributed by atoms with Crippen molar-refractivity contribution in [3.05, 3.63) is 67.0 Å². The van der Waals surface area contributed by atoms with E-state index in [-0.39, 0.29) is 17.1 Å². The quantitative estimate of drug-likeness (QED) is 0.470. The number of benzene rings is 1. The molecule has 0 spiro atoms. The van der Waals surface area contributed by atoms with Crippen LogP contribution in [0.3, 0.4) is 0 Å². The molecule has 1 aromatic rings. The molecular weight excluding hydrogens is 350 g/mol. The molecule has 126 valence electrons. The van der Waals surface area contributed by atoms with E-state index in [1.807, 2.05) is 0 Å². The zero-order valence-electron chi connectivity index (χ0n) is 13.5. The van der Waals surface area contributed by atoms with Crippen LogP contribution in [0.25, 0.3) is 0 Å². The summed E-state index contributed by atoms with van der Waals surface area (Å²) < 4.78 is 28.0. The molecule has 0 radical (unpaired) electrons. The van der Waals surface area contributed by atoms with E-state index < -0.39 is 0 Å². The molecule has 1 aromatic carbocycles. The van der Waals surface area contributed by atoms with Gasteiger partial charge in [0.25, 0.3) is 0 Å². The molecule has 1 heterocycles. The minimum Gasteiger partial charge on any atom is 0 e. The number of nitrogens with one attached hydrogen (secondary N) is 1. The summed E-state index contributed by atoms with van der Waals surface area (Å²) in [5, 5.41) is 3.60. The Balaban J connectivity index is 0.